The Morgan fingerprint density at radius 2 is 1.64 bits per heavy atom. The van der Waals surface area contributed by atoms with Crippen LogP contribution >= 0.6 is 0 Å². The van der Waals surface area contributed by atoms with E-state index in [0.29, 0.717) is 24.1 Å². The van der Waals surface area contributed by atoms with Crippen molar-refractivity contribution in [3.63, 3.8) is 0 Å². The second kappa shape index (κ2) is 9.25. The molecule has 33 heavy (non-hydrogen) atoms. The van der Waals surface area contributed by atoms with Crippen LogP contribution in [0.15, 0.2) is 77.7 Å². The maximum absolute atomic E-state index is 13.5. The Hall–Kier alpha value is -3.36. The molecule has 1 amide bonds. The molecule has 3 aromatic carbocycles. The van der Waals surface area contributed by atoms with Crippen molar-refractivity contribution in [3.8, 4) is 0 Å². The van der Waals surface area contributed by atoms with E-state index in [0.717, 1.165) is 15.6 Å². The lowest BCUT2D eigenvalue weighted by molar-refractivity contribution is -0.118. The highest BCUT2D eigenvalue weighted by atomic mass is 32.2. The Kier molecular flexibility index (Phi) is 6.40. The molecule has 0 saturated heterocycles. The fourth-order valence-corrected chi connectivity index (χ4v) is 5.24. The smallest absolute Gasteiger partial charge is 0.243 e. The van der Waals surface area contributed by atoms with Crippen LogP contribution in [0.1, 0.15) is 28.4 Å². The first-order valence-corrected chi connectivity index (χ1v) is 11.9. The molecule has 170 valence electrons. The summed E-state index contributed by atoms with van der Waals surface area (Å²) < 4.78 is 41.4. The Balaban J connectivity index is 1.65. The summed E-state index contributed by atoms with van der Waals surface area (Å²) in [5, 5.41) is 0. The predicted octanol–water partition coefficient (Wildman–Crippen LogP) is 3.81. The van der Waals surface area contributed by atoms with E-state index >= 15 is 0 Å². The number of carbonyl (C=O) groups is 2. The summed E-state index contributed by atoms with van der Waals surface area (Å²) in [4.78, 5) is 26.3. The molecular formula is C25H23FN2O4S. The number of hydrogen-bond donors (Lipinski definition) is 0. The van der Waals surface area contributed by atoms with Gasteiger partial charge in [-0.25, -0.2) is 12.8 Å². The quantitative estimate of drug-likeness (QED) is 0.497. The summed E-state index contributed by atoms with van der Waals surface area (Å²) in [6.07, 6.45) is 0.707. The summed E-state index contributed by atoms with van der Waals surface area (Å²) in [6, 6.07) is 18.6. The van der Waals surface area contributed by atoms with Gasteiger partial charge in [0.25, 0.3) is 0 Å². The van der Waals surface area contributed by atoms with Gasteiger partial charge in [-0.05, 0) is 54.8 Å². The van der Waals surface area contributed by atoms with E-state index in [1.165, 1.54) is 55.5 Å². The first-order chi connectivity index (χ1) is 15.8. The number of nitrogens with zero attached hydrogens (tertiary/aromatic N) is 2. The van der Waals surface area contributed by atoms with Gasteiger partial charge in [0.05, 0.1) is 11.4 Å². The van der Waals surface area contributed by atoms with Crippen molar-refractivity contribution in [2.75, 3.05) is 18.0 Å². The van der Waals surface area contributed by atoms with Gasteiger partial charge >= 0.3 is 0 Å². The number of anilines is 1. The van der Waals surface area contributed by atoms with Crippen LogP contribution in [-0.2, 0) is 27.8 Å². The molecule has 0 radical (unpaired) electrons. The molecule has 0 spiro atoms. The van der Waals surface area contributed by atoms with Gasteiger partial charge in [0.2, 0.25) is 15.9 Å². The number of amides is 1. The fourth-order valence-electron chi connectivity index (χ4n) is 3.86. The molecule has 0 bridgehead atoms. The van der Waals surface area contributed by atoms with Crippen molar-refractivity contribution in [3.05, 3.63) is 95.3 Å². The molecule has 1 heterocycles. The summed E-state index contributed by atoms with van der Waals surface area (Å²) in [5.74, 6) is -0.950. The average molecular weight is 467 g/mol. The van der Waals surface area contributed by atoms with Crippen LogP contribution in [0, 0.1) is 5.82 Å². The Morgan fingerprint density at radius 1 is 0.970 bits per heavy atom. The zero-order chi connectivity index (χ0) is 23.6. The van der Waals surface area contributed by atoms with Gasteiger partial charge < -0.3 is 4.90 Å². The van der Waals surface area contributed by atoms with E-state index in [9.17, 15) is 22.4 Å². The van der Waals surface area contributed by atoms with Gasteiger partial charge in [-0.3, -0.25) is 9.59 Å². The van der Waals surface area contributed by atoms with E-state index in [-0.39, 0.29) is 29.7 Å². The first kappa shape index (κ1) is 22.8. The minimum atomic E-state index is -4.07. The van der Waals surface area contributed by atoms with Crippen molar-refractivity contribution in [2.24, 2.45) is 0 Å². The molecule has 0 atom stereocenters. The minimum absolute atomic E-state index is 0.0239. The van der Waals surface area contributed by atoms with Crippen LogP contribution in [-0.4, -0.2) is 37.5 Å². The molecule has 0 aromatic heterocycles. The van der Waals surface area contributed by atoms with Crippen LogP contribution in [0.5, 0.6) is 0 Å². The standard InChI is InChI=1S/C25H23FN2O4S/c1-18(29)20-8-12-23(13-9-20)33(31,32)27(16-19-6-10-22(26)11-7-19)17-25(30)28-15-14-21-4-2-3-5-24(21)28/h2-13H,14-17H2,1H3. The number of carbonyl (C=O) groups excluding carboxylic acids is 2. The summed E-state index contributed by atoms with van der Waals surface area (Å²) >= 11 is 0. The normalized spacial score (nSPS) is 13.2. The monoisotopic (exact) mass is 466 g/mol. The summed E-state index contributed by atoms with van der Waals surface area (Å²) in [7, 11) is -4.07. The van der Waals surface area contributed by atoms with Crippen molar-refractivity contribution >= 4 is 27.4 Å². The lowest BCUT2D eigenvalue weighted by atomic mass is 10.2. The number of fused-ring (bicyclic) bond motifs is 1. The SMILES string of the molecule is CC(=O)c1ccc(S(=O)(=O)N(CC(=O)N2CCc3ccccc32)Cc2ccc(F)cc2)cc1. The van der Waals surface area contributed by atoms with Crippen LogP contribution in [0.4, 0.5) is 10.1 Å². The second-order valence-electron chi connectivity index (χ2n) is 7.90. The third kappa shape index (κ3) is 4.86. The largest absolute Gasteiger partial charge is 0.311 e. The Morgan fingerprint density at radius 3 is 2.30 bits per heavy atom. The maximum atomic E-state index is 13.5. The molecule has 0 fully saturated rings. The Bertz CT molecular complexity index is 1290. The fraction of sp³-hybridized carbons (Fsp3) is 0.200. The van der Waals surface area contributed by atoms with Crippen LogP contribution in [0.2, 0.25) is 0 Å². The van der Waals surface area contributed by atoms with Crippen molar-refractivity contribution < 1.29 is 22.4 Å². The highest BCUT2D eigenvalue weighted by Crippen LogP contribution is 2.28. The number of sulfonamides is 1. The van der Waals surface area contributed by atoms with Crippen molar-refractivity contribution in [2.45, 2.75) is 24.8 Å². The van der Waals surface area contributed by atoms with Gasteiger partial charge in [0, 0.05) is 24.3 Å². The van der Waals surface area contributed by atoms with Crippen LogP contribution in [0.25, 0.3) is 0 Å². The molecule has 0 aliphatic carbocycles. The lowest BCUT2D eigenvalue weighted by Crippen LogP contribution is -2.42. The molecule has 1 aliphatic heterocycles. The number of rotatable bonds is 7. The first-order valence-electron chi connectivity index (χ1n) is 10.5. The topological polar surface area (TPSA) is 74.8 Å². The number of Topliss-reactive ketones (excluding diaryl/α,β-unsaturated/α-hetero) is 1. The number of para-hydroxylation sites is 1. The molecule has 1 aliphatic rings. The molecule has 0 N–H and O–H groups in total. The van der Waals surface area contributed by atoms with E-state index < -0.39 is 15.8 Å². The predicted molar refractivity (Wildman–Crippen MR) is 123 cm³/mol. The number of ketones is 1. The summed E-state index contributed by atoms with van der Waals surface area (Å²) in [6.45, 7) is 1.41. The molecule has 8 heteroatoms. The van der Waals surface area contributed by atoms with E-state index in [2.05, 4.69) is 0 Å². The van der Waals surface area contributed by atoms with Crippen LogP contribution < -0.4 is 4.90 Å². The highest BCUT2D eigenvalue weighted by molar-refractivity contribution is 7.89. The van der Waals surface area contributed by atoms with Gasteiger partial charge in [-0.15, -0.1) is 0 Å². The second-order valence-corrected chi connectivity index (χ2v) is 9.84. The molecule has 0 unspecified atom stereocenters. The van der Waals surface area contributed by atoms with Gasteiger partial charge in [-0.1, -0.05) is 42.5 Å². The molecule has 6 nitrogen and oxygen atoms in total. The van der Waals surface area contributed by atoms with Crippen molar-refractivity contribution in [1.82, 2.24) is 4.31 Å². The zero-order valence-corrected chi connectivity index (χ0v) is 18.9. The van der Waals surface area contributed by atoms with Gasteiger partial charge in [0.1, 0.15) is 5.82 Å². The third-order valence-corrected chi connectivity index (χ3v) is 7.48. The van der Waals surface area contributed by atoms with Crippen molar-refractivity contribution in [1.29, 1.82) is 0 Å². The number of hydrogen-bond acceptors (Lipinski definition) is 4. The van der Waals surface area contributed by atoms with E-state index in [1.54, 1.807) is 4.90 Å². The zero-order valence-electron chi connectivity index (χ0n) is 18.1. The maximum Gasteiger partial charge on any atom is 0.243 e. The summed E-state index contributed by atoms with van der Waals surface area (Å²) in [5.41, 5.74) is 2.77. The molecule has 4 rings (SSSR count). The van der Waals surface area contributed by atoms with Gasteiger partial charge in [-0.2, -0.15) is 4.31 Å². The van der Waals surface area contributed by atoms with Crippen LogP contribution in [0.3, 0.4) is 0 Å². The van der Waals surface area contributed by atoms with E-state index in [4.69, 9.17) is 0 Å². The highest BCUT2D eigenvalue weighted by Gasteiger charge is 2.31. The molecule has 0 saturated carbocycles. The third-order valence-electron chi connectivity index (χ3n) is 5.67. The molecule has 3 aromatic rings. The lowest BCUT2D eigenvalue weighted by Gasteiger charge is -2.25. The number of benzene rings is 3. The number of halogens is 1. The minimum Gasteiger partial charge on any atom is -0.311 e. The molecular weight excluding hydrogens is 443 g/mol. The Labute approximate surface area is 192 Å². The van der Waals surface area contributed by atoms with E-state index in [1.807, 2.05) is 24.3 Å². The van der Waals surface area contributed by atoms with Gasteiger partial charge in [0.15, 0.2) is 5.78 Å². The average Bonchev–Trinajstić information content (AvgIpc) is 3.24.